The van der Waals surface area contributed by atoms with E-state index < -0.39 is 12.3 Å². The predicted molar refractivity (Wildman–Crippen MR) is 114 cm³/mol. The van der Waals surface area contributed by atoms with E-state index >= 15 is 0 Å². The van der Waals surface area contributed by atoms with Gasteiger partial charge in [0, 0.05) is 36.6 Å². The summed E-state index contributed by atoms with van der Waals surface area (Å²) in [5, 5.41) is 0.894. The maximum atomic E-state index is 14.0. The molecule has 2 aliphatic heterocycles. The molecule has 2 saturated heterocycles. The molecule has 2 aromatic heterocycles. The predicted octanol–water partition coefficient (Wildman–Crippen LogP) is 3.78. The van der Waals surface area contributed by atoms with Gasteiger partial charge in [-0.3, -0.25) is 0 Å². The number of nitrogens with two attached hydrogens (primary N) is 1. The van der Waals surface area contributed by atoms with Crippen molar-refractivity contribution in [1.82, 2.24) is 9.97 Å². The third-order valence-electron chi connectivity index (χ3n) is 5.78. The molecule has 0 saturated carbocycles. The Morgan fingerprint density at radius 1 is 1.03 bits per heavy atom. The maximum Gasteiger partial charge on any atom is 0.133 e. The molecule has 5 rings (SSSR count). The zero-order chi connectivity index (χ0) is 20.0. The minimum Gasteiger partial charge on any atom is -0.368 e. The number of halogens is 2. The van der Waals surface area contributed by atoms with Crippen molar-refractivity contribution in [2.45, 2.75) is 31.2 Å². The highest BCUT2D eigenvalue weighted by Gasteiger charge is 2.27. The zero-order valence-electron chi connectivity index (χ0n) is 16.0. The first kappa shape index (κ1) is 18.7. The minimum atomic E-state index is -0.996. The van der Waals surface area contributed by atoms with Crippen molar-refractivity contribution in [2.75, 3.05) is 36.0 Å². The summed E-state index contributed by atoms with van der Waals surface area (Å²) in [6.45, 7) is 2.22. The van der Waals surface area contributed by atoms with Gasteiger partial charge in [-0.2, -0.15) is 0 Å². The lowest BCUT2D eigenvalue weighted by molar-refractivity contribution is 0.251. The largest absolute Gasteiger partial charge is 0.368 e. The second kappa shape index (κ2) is 7.50. The summed E-state index contributed by atoms with van der Waals surface area (Å²) in [7, 11) is 0. The number of alkyl halides is 2. The van der Waals surface area contributed by atoms with Gasteiger partial charge in [0.2, 0.25) is 0 Å². The van der Waals surface area contributed by atoms with Crippen molar-refractivity contribution in [3.63, 3.8) is 0 Å². The van der Waals surface area contributed by atoms with Gasteiger partial charge in [0.25, 0.3) is 0 Å². The molecular formula is C21H23F2N5S. The number of anilines is 2. The fraction of sp³-hybridized carbons (Fsp3) is 0.429. The summed E-state index contributed by atoms with van der Waals surface area (Å²) in [6, 6.07) is 9.62. The van der Waals surface area contributed by atoms with Crippen LogP contribution in [0.1, 0.15) is 12.8 Å². The summed E-state index contributed by atoms with van der Waals surface area (Å²) in [5.41, 5.74) is 8.67. The Balaban J connectivity index is 1.37. The average molecular weight is 416 g/mol. The highest BCUT2D eigenvalue weighted by atomic mass is 32.1. The second-order valence-electron chi connectivity index (χ2n) is 7.82. The van der Waals surface area contributed by atoms with Crippen molar-refractivity contribution in [3.8, 4) is 10.6 Å². The average Bonchev–Trinajstić information content (AvgIpc) is 3.36. The molecule has 3 aromatic rings. The smallest absolute Gasteiger partial charge is 0.133 e. The first-order valence-corrected chi connectivity index (χ1v) is 10.8. The first-order chi connectivity index (χ1) is 14.1. The number of hydrogen-bond acceptors (Lipinski definition) is 6. The van der Waals surface area contributed by atoms with Crippen LogP contribution >= 0.6 is 11.3 Å². The summed E-state index contributed by atoms with van der Waals surface area (Å²) in [6.07, 6.45) is 1.27. The molecule has 1 aromatic carbocycles. The Labute approximate surface area is 172 Å². The number of pyridine rings is 1. The molecule has 4 heterocycles. The van der Waals surface area contributed by atoms with E-state index in [1.54, 1.807) is 17.5 Å². The summed E-state index contributed by atoms with van der Waals surface area (Å²) < 4.78 is 28.5. The van der Waals surface area contributed by atoms with Crippen molar-refractivity contribution in [1.29, 1.82) is 0 Å². The first-order valence-electron chi connectivity index (χ1n) is 9.97. The van der Waals surface area contributed by atoms with Crippen molar-refractivity contribution < 1.29 is 8.78 Å². The third-order valence-corrected chi connectivity index (χ3v) is 6.85. The number of fused-ring (bicyclic) bond motifs is 1. The number of hydrogen-bond donors (Lipinski definition) is 1. The molecule has 0 unspecified atom stereocenters. The molecule has 8 heteroatoms. The number of benzene rings is 1. The maximum absolute atomic E-state index is 14.0. The molecule has 152 valence electrons. The van der Waals surface area contributed by atoms with Gasteiger partial charge < -0.3 is 15.5 Å². The van der Waals surface area contributed by atoms with Crippen molar-refractivity contribution >= 4 is 33.1 Å². The van der Waals surface area contributed by atoms with E-state index in [0.29, 0.717) is 32.5 Å². The van der Waals surface area contributed by atoms with Crippen LogP contribution in [0.15, 0.2) is 36.5 Å². The van der Waals surface area contributed by atoms with Gasteiger partial charge in [0.1, 0.15) is 23.2 Å². The van der Waals surface area contributed by atoms with E-state index in [1.807, 2.05) is 29.2 Å². The van der Waals surface area contributed by atoms with Gasteiger partial charge in [-0.1, -0.05) is 0 Å². The van der Waals surface area contributed by atoms with E-state index in [1.165, 1.54) is 0 Å². The molecule has 2 N–H and O–H groups in total. The molecule has 0 aliphatic carbocycles. The highest BCUT2D eigenvalue weighted by molar-refractivity contribution is 7.21. The van der Waals surface area contributed by atoms with E-state index in [-0.39, 0.29) is 6.04 Å². The molecule has 29 heavy (non-hydrogen) atoms. The van der Waals surface area contributed by atoms with Crippen LogP contribution in [0.5, 0.6) is 0 Å². The number of rotatable bonds is 3. The van der Waals surface area contributed by atoms with Gasteiger partial charge in [-0.05, 0) is 43.2 Å². The van der Waals surface area contributed by atoms with Crippen LogP contribution in [-0.4, -0.2) is 54.5 Å². The van der Waals surface area contributed by atoms with E-state index in [2.05, 4.69) is 16.0 Å². The molecule has 5 nitrogen and oxygen atoms in total. The van der Waals surface area contributed by atoms with E-state index in [9.17, 15) is 8.78 Å². The standard InChI is InChI=1S/C21H23F2N5S/c22-14-5-7-28(11-14)20-4-1-13(10-25-20)21-26-18-3-2-15(9-19(18)29-21)27-8-6-17(24)16(23)12-27/h1-4,9-10,14,16-17H,5-8,11-12,24H2/t14-,16+,17-/m1/s1. The molecular weight excluding hydrogens is 392 g/mol. The Bertz CT molecular complexity index is 1010. The lowest BCUT2D eigenvalue weighted by Gasteiger charge is -2.34. The van der Waals surface area contributed by atoms with Gasteiger partial charge in [0.15, 0.2) is 0 Å². The number of nitrogens with zero attached hydrogens (tertiary/aromatic N) is 4. The monoisotopic (exact) mass is 415 g/mol. The fourth-order valence-corrected chi connectivity index (χ4v) is 5.01. The summed E-state index contributed by atoms with van der Waals surface area (Å²) in [5.74, 6) is 0.807. The van der Waals surface area contributed by atoms with Crippen LogP contribution in [0.2, 0.25) is 0 Å². The lowest BCUT2D eigenvalue weighted by Crippen LogP contribution is -2.48. The zero-order valence-corrected chi connectivity index (χ0v) is 16.8. The van der Waals surface area contributed by atoms with Crippen LogP contribution in [0, 0.1) is 0 Å². The van der Waals surface area contributed by atoms with Crippen LogP contribution in [0.25, 0.3) is 20.8 Å². The van der Waals surface area contributed by atoms with Gasteiger partial charge >= 0.3 is 0 Å². The Hall–Kier alpha value is -2.32. The molecule has 2 fully saturated rings. The van der Waals surface area contributed by atoms with Crippen LogP contribution in [-0.2, 0) is 0 Å². The van der Waals surface area contributed by atoms with Gasteiger partial charge in [-0.25, -0.2) is 18.7 Å². The van der Waals surface area contributed by atoms with Gasteiger partial charge in [0.05, 0.1) is 23.3 Å². The number of aromatic nitrogens is 2. The quantitative estimate of drug-likeness (QED) is 0.706. The van der Waals surface area contributed by atoms with E-state index in [4.69, 9.17) is 10.7 Å². The van der Waals surface area contributed by atoms with Crippen molar-refractivity contribution in [2.24, 2.45) is 5.73 Å². The molecule has 0 radical (unpaired) electrons. The molecule has 3 atom stereocenters. The molecule has 0 amide bonds. The number of thiazole rings is 1. The SMILES string of the molecule is N[C@@H]1CCN(c2ccc3nc(-c4ccc(N5CC[C@@H](F)C5)nc4)sc3c2)C[C@@H]1F. The lowest BCUT2D eigenvalue weighted by atomic mass is 10.0. The molecule has 0 bridgehead atoms. The Morgan fingerprint density at radius 3 is 2.62 bits per heavy atom. The Morgan fingerprint density at radius 2 is 1.90 bits per heavy atom. The van der Waals surface area contributed by atoms with E-state index in [0.717, 1.165) is 38.8 Å². The van der Waals surface area contributed by atoms with Crippen LogP contribution < -0.4 is 15.5 Å². The summed E-state index contributed by atoms with van der Waals surface area (Å²) >= 11 is 1.60. The molecule has 0 spiro atoms. The van der Waals surface area contributed by atoms with Crippen LogP contribution in [0.3, 0.4) is 0 Å². The topological polar surface area (TPSA) is 58.3 Å². The normalized spacial score (nSPS) is 25.1. The minimum absolute atomic E-state index is 0.333. The van der Waals surface area contributed by atoms with Gasteiger partial charge in [-0.15, -0.1) is 11.3 Å². The molecule has 2 aliphatic rings. The summed E-state index contributed by atoms with van der Waals surface area (Å²) in [4.78, 5) is 13.3. The Kier molecular flexibility index (Phi) is 4.83. The number of piperidine rings is 1. The third kappa shape index (κ3) is 3.67. The highest BCUT2D eigenvalue weighted by Crippen LogP contribution is 2.34. The van der Waals surface area contributed by atoms with Crippen molar-refractivity contribution in [3.05, 3.63) is 36.5 Å². The fourth-order valence-electron chi connectivity index (χ4n) is 4.02. The van der Waals surface area contributed by atoms with Crippen LogP contribution in [0.4, 0.5) is 20.3 Å². The second-order valence-corrected chi connectivity index (χ2v) is 8.85.